The van der Waals surface area contributed by atoms with Crippen molar-refractivity contribution in [3.63, 3.8) is 0 Å². The van der Waals surface area contributed by atoms with Crippen LogP contribution in [0.2, 0.25) is 0 Å². The normalized spacial score (nSPS) is 17.0. The molecule has 3 amide bonds. The molecule has 126 valence electrons. The summed E-state index contributed by atoms with van der Waals surface area (Å²) in [5.74, 6) is -0.168. The maximum atomic E-state index is 12.2. The fourth-order valence-electron chi connectivity index (χ4n) is 2.71. The van der Waals surface area contributed by atoms with Gasteiger partial charge in [0.1, 0.15) is 5.54 Å². The first-order chi connectivity index (χ1) is 10.9. The molecule has 1 heterocycles. The van der Waals surface area contributed by atoms with Crippen molar-refractivity contribution < 1.29 is 9.59 Å². The largest absolute Gasteiger partial charge is 0.329 e. The van der Waals surface area contributed by atoms with Gasteiger partial charge in [-0.15, -0.1) is 0 Å². The molecule has 0 spiro atoms. The Hall–Kier alpha value is -1.92. The summed E-state index contributed by atoms with van der Waals surface area (Å²) in [4.78, 5) is 27.6. The van der Waals surface area contributed by atoms with Gasteiger partial charge in [0.05, 0.1) is 0 Å². The van der Waals surface area contributed by atoms with Crippen molar-refractivity contribution in [3.05, 3.63) is 35.9 Å². The topological polar surface area (TPSA) is 78.7 Å². The zero-order valence-corrected chi connectivity index (χ0v) is 13.9. The molecule has 1 fully saturated rings. The van der Waals surface area contributed by atoms with Crippen molar-refractivity contribution in [1.29, 1.82) is 0 Å². The predicted octanol–water partition coefficient (Wildman–Crippen LogP) is 0.820. The summed E-state index contributed by atoms with van der Waals surface area (Å²) in [7, 11) is 0. The Balaban J connectivity index is 1.87. The molecule has 1 aliphatic rings. The average molecular weight is 318 g/mol. The lowest BCUT2D eigenvalue weighted by Crippen LogP contribution is -2.43. The Morgan fingerprint density at radius 2 is 1.83 bits per heavy atom. The van der Waals surface area contributed by atoms with Gasteiger partial charge in [0.25, 0.3) is 5.91 Å². The Morgan fingerprint density at radius 1 is 1.13 bits per heavy atom. The van der Waals surface area contributed by atoms with Crippen LogP contribution in [0.3, 0.4) is 0 Å². The van der Waals surface area contributed by atoms with Crippen LogP contribution in [0.5, 0.6) is 0 Å². The number of carbonyl (C=O) groups is 2. The van der Waals surface area contributed by atoms with Crippen molar-refractivity contribution in [1.82, 2.24) is 15.1 Å². The van der Waals surface area contributed by atoms with Crippen LogP contribution in [0.15, 0.2) is 30.3 Å². The average Bonchev–Trinajstić information content (AvgIpc) is 2.72. The van der Waals surface area contributed by atoms with E-state index in [1.807, 2.05) is 18.2 Å². The summed E-state index contributed by atoms with van der Waals surface area (Å²) < 4.78 is 0. The molecule has 0 unspecified atom stereocenters. The van der Waals surface area contributed by atoms with E-state index >= 15 is 0 Å². The molecule has 1 aromatic rings. The van der Waals surface area contributed by atoms with E-state index in [1.165, 1.54) is 10.5 Å². The smallest absolute Gasteiger partial charge is 0.325 e. The number of hydrogen-bond acceptors (Lipinski definition) is 4. The van der Waals surface area contributed by atoms with Gasteiger partial charge in [-0.3, -0.25) is 14.6 Å². The Labute approximate surface area is 137 Å². The quantitative estimate of drug-likeness (QED) is 0.696. The van der Waals surface area contributed by atoms with Gasteiger partial charge in [-0.2, -0.15) is 0 Å². The third-order valence-electron chi connectivity index (χ3n) is 4.09. The van der Waals surface area contributed by atoms with Crippen LogP contribution < -0.4 is 11.1 Å². The summed E-state index contributed by atoms with van der Waals surface area (Å²) in [5, 5.41) is 2.70. The minimum Gasteiger partial charge on any atom is -0.329 e. The summed E-state index contributed by atoms with van der Waals surface area (Å²) in [6, 6.07) is 9.94. The van der Waals surface area contributed by atoms with Gasteiger partial charge in [0, 0.05) is 32.7 Å². The standard InChI is InChI=1S/C17H26N4O2/c1-17(2)15(22)21(16(23)19-17)13-12-20(11-9-18)10-8-14-6-4-3-5-7-14/h3-7H,8-13,18H2,1-2H3,(H,19,23). The fraction of sp³-hybridized carbons (Fsp3) is 0.529. The third kappa shape index (κ3) is 4.53. The number of urea groups is 1. The number of nitrogens with zero attached hydrogens (tertiary/aromatic N) is 2. The first-order valence-corrected chi connectivity index (χ1v) is 8.04. The predicted molar refractivity (Wildman–Crippen MR) is 90.0 cm³/mol. The molecule has 1 saturated heterocycles. The van der Waals surface area contributed by atoms with Crippen molar-refractivity contribution in [2.75, 3.05) is 32.7 Å². The highest BCUT2D eigenvalue weighted by atomic mass is 16.2. The number of benzene rings is 1. The number of carbonyl (C=O) groups excluding carboxylic acids is 2. The van der Waals surface area contributed by atoms with Crippen molar-refractivity contribution >= 4 is 11.9 Å². The van der Waals surface area contributed by atoms with Gasteiger partial charge in [0.15, 0.2) is 0 Å². The highest BCUT2D eigenvalue weighted by Gasteiger charge is 2.43. The van der Waals surface area contributed by atoms with E-state index in [2.05, 4.69) is 22.3 Å². The molecular weight excluding hydrogens is 292 g/mol. The SMILES string of the molecule is CC1(C)NC(=O)N(CCN(CCN)CCc2ccccc2)C1=O. The summed E-state index contributed by atoms with van der Waals surface area (Å²) >= 11 is 0. The van der Waals surface area contributed by atoms with Gasteiger partial charge in [0.2, 0.25) is 0 Å². The maximum Gasteiger partial charge on any atom is 0.325 e. The van der Waals surface area contributed by atoms with E-state index in [-0.39, 0.29) is 11.9 Å². The number of nitrogens with one attached hydrogen (secondary N) is 1. The number of nitrogens with two attached hydrogens (primary N) is 1. The molecule has 2 rings (SSSR count). The van der Waals surface area contributed by atoms with Gasteiger partial charge in [-0.1, -0.05) is 30.3 Å². The van der Waals surface area contributed by atoms with E-state index < -0.39 is 5.54 Å². The monoisotopic (exact) mass is 318 g/mol. The number of rotatable bonds is 8. The summed E-state index contributed by atoms with van der Waals surface area (Å²) in [6.07, 6.45) is 0.923. The Morgan fingerprint density at radius 3 is 2.39 bits per heavy atom. The summed E-state index contributed by atoms with van der Waals surface area (Å²) in [5.41, 5.74) is 6.14. The van der Waals surface area contributed by atoms with E-state index in [4.69, 9.17) is 5.73 Å². The second-order valence-electron chi connectivity index (χ2n) is 6.38. The van der Waals surface area contributed by atoms with Crippen LogP contribution in [0.4, 0.5) is 4.79 Å². The Kier molecular flexibility index (Phi) is 5.74. The first kappa shape index (κ1) is 17.4. The molecule has 0 aliphatic carbocycles. The van der Waals surface area contributed by atoms with Crippen LogP contribution in [0, 0.1) is 0 Å². The van der Waals surface area contributed by atoms with Gasteiger partial charge < -0.3 is 11.1 Å². The lowest BCUT2D eigenvalue weighted by molar-refractivity contribution is -0.130. The van der Waals surface area contributed by atoms with Crippen LogP contribution in [-0.4, -0.2) is 60.0 Å². The molecule has 0 aromatic heterocycles. The fourth-order valence-corrected chi connectivity index (χ4v) is 2.71. The minimum absolute atomic E-state index is 0.168. The van der Waals surface area contributed by atoms with Crippen molar-refractivity contribution in [2.24, 2.45) is 5.73 Å². The molecule has 0 bridgehead atoms. The molecule has 0 saturated carbocycles. The van der Waals surface area contributed by atoms with E-state index in [0.29, 0.717) is 19.6 Å². The second-order valence-corrected chi connectivity index (χ2v) is 6.38. The number of imide groups is 1. The molecule has 1 aromatic carbocycles. The lowest BCUT2D eigenvalue weighted by atomic mass is 10.1. The molecule has 6 heteroatoms. The molecule has 23 heavy (non-hydrogen) atoms. The molecular formula is C17H26N4O2. The first-order valence-electron chi connectivity index (χ1n) is 8.04. The van der Waals surface area contributed by atoms with Crippen LogP contribution in [0.1, 0.15) is 19.4 Å². The minimum atomic E-state index is -0.806. The van der Waals surface area contributed by atoms with E-state index in [9.17, 15) is 9.59 Å². The highest BCUT2D eigenvalue weighted by molar-refractivity contribution is 6.06. The molecule has 1 aliphatic heterocycles. The molecule has 6 nitrogen and oxygen atoms in total. The summed E-state index contributed by atoms with van der Waals surface area (Å²) in [6.45, 7) is 6.64. The molecule has 0 radical (unpaired) electrons. The molecule has 3 N–H and O–H groups in total. The number of hydrogen-bond donors (Lipinski definition) is 2. The third-order valence-corrected chi connectivity index (χ3v) is 4.09. The van der Waals surface area contributed by atoms with Crippen LogP contribution in [-0.2, 0) is 11.2 Å². The lowest BCUT2D eigenvalue weighted by Gasteiger charge is -2.24. The van der Waals surface area contributed by atoms with Crippen molar-refractivity contribution in [3.8, 4) is 0 Å². The Bertz CT molecular complexity index is 545. The number of amides is 3. The van der Waals surface area contributed by atoms with E-state index in [0.717, 1.165) is 19.5 Å². The molecule has 0 atom stereocenters. The zero-order chi connectivity index (χ0) is 16.9. The van der Waals surface area contributed by atoms with Gasteiger partial charge in [-0.05, 0) is 25.8 Å². The van der Waals surface area contributed by atoms with Gasteiger partial charge in [-0.25, -0.2) is 4.79 Å². The van der Waals surface area contributed by atoms with E-state index in [1.54, 1.807) is 13.8 Å². The highest BCUT2D eigenvalue weighted by Crippen LogP contribution is 2.16. The van der Waals surface area contributed by atoms with Crippen LogP contribution in [0.25, 0.3) is 0 Å². The maximum absolute atomic E-state index is 12.2. The van der Waals surface area contributed by atoms with Crippen molar-refractivity contribution in [2.45, 2.75) is 25.8 Å². The van der Waals surface area contributed by atoms with Crippen LogP contribution >= 0.6 is 0 Å². The second kappa shape index (κ2) is 7.57. The zero-order valence-electron chi connectivity index (χ0n) is 13.9. The van der Waals surface area contributed by atoms with Gasteiger partial charge >= 0.3 is 6.03 Å².